The van der Waals surface area contributed by atoms with Crippen molar-refractivity contribution in [1.82, 2.24) is 20.0 Å². The molecule has 3 fully saturated rings. The maximum Gasteiger partial charge on any atom is 0.320 e. The van der Waals surface area contributed by atoms with Crippen molar-refractivity contribution in [2.24, 2.45) is 0 Å². The molecule has 6 nitrogen and oxygen atoms in total. The molecule has 4 rings (SSSR count). The van der Waals surface area contributed by atoms with E-state index in [0.29, 0.717) is 19.6 Å². The first-order valence-electron chi connectivity index (χ1n) is 11.1. The van der Waals surface area contributed by atoms with Crippen molar-refractivity contribution < 1.29 is 18.4 Å². The zero-order valence-electron chi connectivity index (χ0n) is 17.3. The van der Waals surface area contributed by atoms with E-state index in [1.165, 1.54) is 6.07 Å². The van der Waals surface area contributed by atoms with Gasteiger partial charge in [-0.15, -0.1) is 0 Å². The van der Waals surface area contributed by atoms with E-state index in [1.807, 2.05) is 9.80 Å². The van der Waals surface area contributed by atoms with Gasteiger partial charge in [0.1, 0.15) is 0 Å². The summed E-state index contributed by atoms with van der Waals surface area (Å²) in [5.41, 5.74) is 0.728. The minimum Gasteiger partial charge on any atom is -0.333 e. The summed E-state index contributed by atoms with van der Waals surface area (Å²) in [6.07, 6.45) is 5.53. The Bertz CT molecular complexity index is 784. The number of carbonyl (C=O) groups excluding carboxylic acids is 2. The number of amides is 4. The van der Waals surface area contributed by atoms with Crippen molar-refractivity contribution in [3.8, 4) is 0 Å². The summed E-state index contributed by atoms with van der Waals surface area (Å²) in [4.78, 5) is 31.0. The number of nitrogens with one attached hydrogen (secondary N) is 1. The third-order valence-corrected chi connectivity index (χ3v) is 6.52. The van der Waals surface area contributed by atoms with Gasteiger partial charge in [-0.2, -0.15) is 0 Å². The van der Waals surface area contributed by atoms with Crippen LogP contribution in [0.2, 0.25) is 0 Å². The minimum atomic E-state index is -0.852. The van der Waals surface area contributed by atoms with Crippen molar-refractivity contribution in [3.05, 3.63) is 35.4 Å². The van der Waals surface area contributed by atoms with Gasteiger partial charge in [-0.25, -0.2) is 18.4 Å². The fraction of sp³-hybridized carbons (Fsp3) is 0.636. The summed E-state index contributed by atoms with van der Waals surface area (Å²) in [7, 11) is 0. The highest BCUT2D eigenvalue weighted by Crippen LogP contribution is 2.28. The van der Waals surface area contributed by atoms with Gasteiger partial charge >= 0.3 is 12.1 Å². The molecule has 2 atom stereocenters. The molecule has 1 N–H and O–H groups in total. The standard InChI is InChI=1S/C22H30F2N4O2/c23-19-8-7-16(13-20(19)24)17-5-3-11-27(14-17)21(29)25-18-6-4-12-28(15-18)22(30)26-9-1-2-10-26/h7-8,13,17-18H,1-6,9-12,14-15H2,(H,25,29). The Morgan fingerprint density at radius 3 is 2.30 bits per heavy atom. The van der Waals surface area contributed by atoms with Crippen molar-refractivity contribution in [3.63, 3.8) is 0 Å². The maximum atomic E-state index is 13.6. The summed E-state index contributed by atoms with van der Waals surface area (Å²) in [6, 6.07) is 3.89. The number of likely N-dealkylation sites (tertiary alicyclic amines) is 3. The van der Waals surface area contributed by atoms with Crippen LogP contribution in [0.25, 0.3) is 0 Å². The molecule has 164 valence electrons. The van der Waals surface area contributed by atoms with E-state index in [1.54, 1.807) is 11.0 Å². The summed E-state index contributed by atoms with van der Waals surface area (Å²) >= 11 is 0. The Morgan fingerprint density at radius 1 is 0.833 bits per heavy atom. The molecule has 3 aliphatic rings. The van der Waals surface area contributed by atoms with Crippen LogP contribution in [0.4, 0.5) is 18.4 Å². The van der Waals surface area contributed by atoms with Gasteiger partial charge in [0.15, 0.2) is 11.6 Å². The number of halogens is 2. The Labute approximate surface area is 176 Å². The summed E-state index contributed by atoms with van der Waals surface area (Å²) in [5, 5.41) is 3.10. The second-order valence-electron chi connectivity index (χ2n) is 8.67. The van der Waals surface area contributed by atoms with Crippen LogP contribution in [-0.4, -0.2) is 72.1 Å². The molecule has 1 aromatic rings. The molecule has 30 heavy (non-hydrogen) atoms. The number of carbonyl (C=O) groups is 2. The molecule has 4 amide bonds. The van der Waals surface area contributed by atoms with Crippen LogP contribution >= 0.6 is 0 Å². The fourth-order valence-corrected chi connectivity index (χ4v) is 4.84. The van der Waals surface area contributed by atoms with Gasteiger partial charge in [0, 0.05) is 51.2 Å². The number of piperidine rings is 2. The average molecular weight is 421 g/mol. The first kappa shape index (κ1) is 20.9. The average Bonchev–Trinajstić information content (AvgIpc) is 3.30. The largest absolute Gasteiger partial charge is 0.333 e. The van der Waals surface area contributed by atoms with Crippen molar-refractivity contribution >= 4 is 12.1 Å². The van der Waals surface area contributed by atoms with Crippen molar-refractivity contribution in [1.29, 1.82) is 0 Å². The highest BCUT2D eigenvalue weighted by molar-refractivity contribution is 5.76. The molecule has 0 radical (unpaired) electrons. The SMILES string of the molecule is O=C(NC1CCCN(C(=O)N2CCCC2)C1)N1CCCC(c2ccc(F)c(F)c2)C1. The van der Waals surface area contributed by atoms with Crippen LogP contribution in [0.15, 0.2) is 18.2 Å². The van der Waals surface area contributed by atoms with E-state index in [0.717, 1.165) is 69.8 Å². The van der Waals surface area contributed by atoms with E-state index in [4.69, 9.17) is 0 Å². The number of urea groups is 2. The van der Waals surface area contributed by atoms with Crippen LogP contribution in [0.5, 0.6) is 0 Å². The molecular weight excluding hydrogens is 390 g/mol. The van der Waals surface area contributed by atoms with E-state index in [-0.39, 0.29) is 24.0 Å². The highest BCUT2D eigenvalue weighted by atomic mass is 19.2. The maximum absolute atomic E-state index is 13.6. The minimum absolute atomic E-state index is 0.000742. The predicted octanol–water partition coefficient (Wildman–Crippen LogP) is 3.53. The number of hydrogen-bond donors (Lipinski definition) is 1. The number of nitrogens with zero attached hydrogens (tertiary/aromatic N) is 3. The molecule has 0 spiro atoms. The van der Waals surface area contributed by atoms with Gasteiger partial charge in [-0.05, 0) is 56.2 Å². The molecule has 0 saturated carbocycles. The Hall–Kier alpha value is -2.38. The fourth-order valence-electron chi connectivity index (χ4n) is 4.84. The lowest BCUT2D eigenvalue weighted by Gasteiger charge is -2.38. The first-order chi connectivity index (χ1) is 14.5. The molecule has 1 aromatic carbocycles. The topological polar surface area (TPSA) is 55.9 Å². The quantitative estimate of drug-likeness (QED) is 0.796. The Balaban J connectivity index is 1.32. The molecule has 3 saturated heterocycles. The lowest BCUT2D eigenvalue weighted by Crippen LogP contribution is -2.55. The molecule has 0 aromatic heterocycles. The van der Waals surface area contributed by atoms with Gasteiger partial charge < -0.3 is 20.0 Å². The van der Waals surface area contributed by atoms with Crippen LogP contribution < -0.4 is 5.32 Å². The number of benzene rings is 1. The van der Waals surface area contributed by atoms with E-state index in [9.17, 15) is 18.4 Å². The third-order valence-electron chi connectivity index (χ3n) is 6.52. The zero-order valence-corrected chi connectivity index (χ0v) is 17.3. The molecule has 0 aliphatic carbocycles. The van der Waals surface area contributed by atoms with Gasteiger partial charge in [0.25, 0.3) is 0 Å². The van der Waals surface area contributed by atoms with Crippen molar-refractivity contribution in [2.75, 3.05) is 39.3 Å². The monoisotopic (exact) mass is 420 g/mol. The molecule has 3 heterocycles. The number of rotatable bonds is 2. The lowest BCUT2D eigenvalue weighted by molar-refractivity contribution is 0.136. The highest BCUT2D eigenvalue weighted by Gasteiger charge is 2.31. The van der Waals surface area contributed by atoms with Gasteiger partial charge in [-0.3, -0.25) is 0 Å². The van der Waals surface area contributed by atoms with Crippen LogP contribution in [0.1, 0.15) is 50.0 Å². The Kier molecular flexibility index (Phi) is 6.39. The summed E-state index contributed by atoms with van der Waals surface area (Å²) < 4.78 is 26.8. The second kappa shape index (κ2) is 9.18. The summed E-state index contributed by atoms with van der Waals surface area (Å²) in [6.45, 7) is 4.07. The smallest absolute Gasteiger partial charge is 0.320 e. The predicted molar refractivity (Wildman–Crippen MR) is 109 cm³/mol. The van der Waals surface area contributed by atoms with Crippen LogP contribution in [0.3, 0.4) is 0 Å². The van der Waals surface area contributed by atoms with Gasteiger partial charge in [0.2, 0.25) is 0 Å². The molecule has 8 heteroatoms. The van der Waals surface area contributed by atoms with Crippen LogP contribution in [0, 0.1) is 11.6 Å². The zero-order chi connectivity index (χ0) is 21.1. The summed E-state index contributed by atoms with van der Waals surface area (Å²) in [5.74, 6) is -1.70. The molecule has 2 unspecified atom stereocenters. The normalized spacial score (nSPS) is 24.8. The van der Waals surface area contributed by atoms with Gasteiger partial charge in [0.05, 0.1) is 0 Å². The van der Waals surface area contributed by atoms with Crippen LogP contribution in [-0.2, 0) is 0 Å². The van der Waals surface area contributed by atoms with E-state index < -0.39 is 11.6 Å². The van der Waals surface area contributed by atoms with Crippen molar-refractivity contribution in [2.45, 2.75) is 50.5 Å². The number of hydrogen-bond acceptors (Lipinski definition) is 2. The second-order valence-corrected chi connectivity index (χ2v) is 8.67. The molecule has 3 aliphatic heterocycles. The lowest BCUT2D eigenvalue weighted by atomic mass is 9.90. The first-order valence-corrected chi connectivity index (χ1v) is 11.1. The van der Waals surface area contributed by atoms with E-state index >= 15 is 0 Å². The Morgan fingerprint density at radius 2 is 1.53 bits per heavy atom. The molecular formula is C22H30F2N4O2. The third kappa shape index (κ3) is 4.68. The van der Waals surface area contributed by atoms with Gasteiger partial charge in [-0.1, -0.05) is 6.07 Å². The molecule has 0 bridgehead atoms. The van der Waals surface area contributed by atoms with E-state index in [2.05, 4.69) is 5.32 Å².